The summed E-state index contributed by atoms with van der Waals surface area (Å²) < 4.78 is 0. The van der Waals surface area contributed by atoms with Crippen molar-refractivity contribution in [1.29, 1.82) is 0 Å². The summed E-state index contributed by atoms with van der Waals surface area (Å²) in [5.41, 5.74) is 5.94. The van der Waals surface area contributed by atoms with Crippen LogP contribution in [0.5, 0.6) is 0 Å². The van der Waals surface area contributed by atoms with Gasteiger partial charge in [0.25, 0.3) is 0 Å². The number of nitrogens with two attached hydrogens (primary N) is 1. The Labute approximate surface area is 191 Å². The molecule has 4 atom stereocenters. The van der Waals surface area contributed by atoms with Crippen molar-refractivity contribution in [1.82, 2.24) is 10.2 Å². The number of amides is 4. The molecule has 4 N–H and O–H groups in total. The number of nitrogens with one attached hydrogen (secondary N) is 2. The molecule has 32 heavy (non-hydrogen) atoms. The topological polar surface area (TPSA) is 122 Å². The van der Waals surface area contributed by atoms with Gasteiger partial charge in [-0.2, -0.15) is 0 Å². The fraction of sp³-hybridized carbons (Fsp3) is 0.565. The fourth-order valence-electron chi connectivity index (χ4n) is 6.26. The Morgan fingerprint density at radius 1 is 1.19 bits per heavy atom. The smallest absolute Gasteiger partial charge is 0.250 e. The van der Waals surface area contributed by atoms with Crippen LogP contribution >= 0.6 is 11.6 Å². The number of carbonyl (C=O) groups is 4. The van der Waals surface area contributed by atoms with E-state index in [2.05, 4.69) is 10.6 Å². The van der Waals surface area contributed by atoms with Gasteiger partial charge in [-0.25, -0.2) is 0 Å². The molecule has 2 saturated heterocycles. The van der Waals surface area contributed by atoms with E-state index in [1.807, 2.05) is 6.92 Å². The maximum Gasteiger partial charge on any atom is 0.250 e. The van der Waals surface area contributed by atoms with Crippen LogP contribution in [0.2, 0.25) is 5.02 Å². The van der Waals surface area contributed by atoms with Crippen molar-refractivity contribution in [2.24, 2.45) is 17.6 Å². The van der Waals surface area contributed by atoms with Gasteiger partial charge in [-0.05, 0) is 37.8 Å². The summed E-state index contributed by atoms with van der Waals surface area (Å²) in [6.45, 7) is 1.81. The van der Waals surface area contributed by atoms with E-state index in [1.165, 1.54) is 4.90 Å². The molecule has 0 radical (unpaired) electrons. The van der Waals surface area contributed by atoms with Crippen LogP contribution in [0.3, 0.4) is 0 Å². The van der Waals surface area contributed by atoms with E-state index in [9.17, 15) is 19.2 Å². The molecule has 4 amide bonds. The molecule has 2 unspecified atom stereocenters. The third kappa shape index (κ3) is 2.85. The maximum absolute atomic E-state index is 13.8. The highest BCUT2D eigenvalue weighted by atomic mass is 35.5. The first kappa shape index (κ1) is 21.4. The molecule has 0 bridgehead atoms. The highest BCUT2D eigenvalue weighted by Crippen LogP contribution is 2.55. The molecule has 1 spiro atoms. The van der Waals surface area contributed by atoms with Crippen molar-refractivity contribution >= 4 is 40.9 Å². The number of fused-ring (bicyclic) bond motifs is 4. The first-order valence-electron chi connectivity index (χ1n) is 11.3. The quantitative estimate of drug-likeness (QED) is 0.595. The molecule has 9 heteroatoms. The second kappa shape index (κ2) is 7.56. The van der Waals surface area contributed by atoms with Gasteiger partial charge in [0, 0.05) is 29.1 Å². The summed E-state index contributed by atoms with van der Waals surface area (Å²) in [7, 11) is 0. The number of anilines is 1. The molecular weight excluding hydrogens is 432 g/mol. The molecule has 4 aliphatic rings. The predicted octanol–water partition coefficient (Wildman–Crippen LogP) is 1.97. The Morgan fingerprint density at radius 2 is 1.91 bits per heavy atom. The van der Waals surface area contributed by atoms with E-state index in [4.69, 9.17) is 17.3 Å². The van der Waals surface area contributed by atoms with Crippen molar-refractivity contribution in [3.8, 4) is 0 Å². The average molecular weight is 459 g/mol. The lowest BCUT2D eigenvalue weighted by atomic mass is 9.76. The van der Waals surface area contributed by atoms with Gasteiger partial charge < -0.3 is 11.1 Å². The zero-order valence-electron chi connectivity index (χ0n) is 17.9. The average Bonchev–Trinajstić information content (AvgIpc) is 3.35. The molecule has 3 fully saturated rings. The van der Waals surface area contributed by atoms with Gasteiger partial charge in [-0.1, -0.05) is 36.9 Å². The van der Waals surface area contributed by atoms with Gasteiger partial charge in [0.05, 0.1) is 17.5 Å². The standard InChI is InChI=1S/C23H27ClN4O4/c1-11-14(24)8-7-13-19(11)26-22(32)23(13)18-17(15(27-23)9-10-16(25)29)20(30)28(21(18)31)12-5-3-2-4-6-12/h7-8,12,15,17-18,27H,2-6,9-10H2,1H3,(H2,25,29)(H,26,32)/t15?,17-,18+,23?/m1/s1. The Bertz CT molecular complexity index is 1040. The first-order valence-corrected chi connectivity index (χ1v) is 11.7. The Hall–Kier alpha value is -2.45. The summed E-state index contributed by atoms with van der Waals surface area (Å²) in [6, 6.07) is 2.83. The van der Waals surface area contributed by atoms with Crippen molar-refractivity contribution in [2.75, 3.05) is 5.32 Å². The number of likely N-dealkylation sites (tertiary alicyclic amines) is 1. The normalized spacial score (nSPS) is 31.9. The van der Waals surface area contributed by atoms with Gasteiger partial charge in [-0.3, -0.25) is 29.4 Å². The van der Waals surface area contributed by atoms with Crippen LogP contribution in [0.15, 0.2) is 12.1 Å². The van der Waals surface area contributed by atoms with Gasteiger partial charge in [0.15, 0.2) is 0 Å². The lowest BCUT2D eigenvalue weighted by molar-refractivity contribution is -0.146. The van der Waals surface area contributed by atoms with Gasteiger partial charge >= 0.3 is 0 Å². The van der Waals surface area contributed by atoms with Crippen LogP contribution in [-0.4, -0.2) is 40.6 Å². The second-order valence-corrected chi connectivity index (χ2v) is 9.86. The largest absolute Gasteiger partial charge is 0.370 e. The SMILES string of the molecule is Cc1c(Cl)ccc2c1NC(=O)C21NC(CCC(N)=O)[C@H]2C(=O)N(C3CCCCC3)C(=O)[C@H]21. The van der Waals surface area contributed by atoms with Gasteiger partial charge in [-0.15, -0.1) is 0 Å². The van der Waals surface area contributed by atoms with Crippen LogP contribution in [0.1, 0.15) is 56.1 Å². The Morgan fingerprint density at radius 3 is 2.59 bits per heavy atom. The molecule has 170 valence electrons. The summed E-state index contributed by atoms with van der Waals surface area (Å²) in [4.78, 5) is 53.9. The van der Waals surface area contributed by atoms with E-state index in [1.54, 1.807) is 12.1 Å². The van der Waals surface area contributed by atoms with E-state index in [0.717, 1.165) is 32.1 Å². The van der Waals surface area contributed by atoms with Crippen molar-refractivity contribution < 1.29 is 19.2 Å². The molecule has 1 aliphatic carbocycles. The summed E-state index contributed by atoms with van der Waals surface area (Å²) in [5, 5.41) is 6.75. The minimum atomic E-state index is -1.37. The predicted molar refractivity (Wildman–Crippen MR) is 118 cm³/mol. The minimum absolute atomic E-state index is 0.0655. The lowest BCUT2D eigenvalue weighted by Gasteiger charge is -2.34. The first-order chi connectivity index (χ1) is 15.3. The Balaban J connectivity index is 1.62. The zero-order chi connectivity index (χ0) is 22.8. The fourth-order valence-corrected chi connectivity index (χ4v) is 6.41. The number of halogens is 1. The molecule has 1 aromatic carbocycles. The maximum atomic E-state index is 13.8. The number of imide groups is 1. The number of hydrogen-bond acceptors (Lipinski definition) is 5. The highest BCUT2D eigenvalue weighted by Gasteiger charge is 2.70. The molecule has 1 aromatic rings. The van der Waals surface area contributed by atoms with Crippen LogP contribution in [0.4, 0.5) is 5.69 Å². The van der Waals surface area contributed by atoms with E-state index in [0.29, 0.717) is 21.8 Å². The number of hydrogen-bond donors (Lipinski definition) is 3. The molecule has 0 aromatic heterocycles. The number of primary amides is 1. The summed E-state index contributed by atoms with van der Waals surface area (Å²) in [5.74, 6) is -2.95. The van der Waals surface area contributed by atoms with Crippen LogP contribution < -0.4 is 16.4 Å². The van der Waals surface area contributed by atoms with Crippen molar-refractivity contribution in [3.63, 3.8) is 0 Å². The number of nitrogens with zero attached hydrogens (tertiary/aromatic N) is 1. The third-order valence-corrected chi connectivity index (χ3v) is 8.17. The molecule has 1 saturated carbocycles. The number of rotatable bonds is 4. The molecule has 3 aliphatic heterocycles. The summed E-state index contributed by atoms with van der Waals surface area (Å²) >= 11 is 6.28. The van der Waals surface area contributed by atoms with E-state index in [-0.39, 0.29) is 36.6 Å². The van der Waals surface area contributed by atoms with Crippen molar-refractivity contribution in [3.05, 3.63) is 28.3 Å². The van der Waals surface area contributed by atoms with Crippen LogP contribution in [-0.2, 0) is 24.7 Å². The molecule has 8 nitrogen and oxygen atoms in total. The zero-order valence-corrected chi connectivity index (χ0v) is 18.7. The number of benzene rings is 1. The van der Waals surface area contributed by atoms with Crippen LogP contribution in [0.25, 0.3) is 0 Å². The van der Waals surface area contributed by atoms with E-state index < -0.39 is 29.3 Å². The highest BCUT2D eigenvalue weighted by molar-refractivity contribution is 6.32. The molecular formula is C23H27ClN4O4. The van der Waals surface area contributed by atoms with Crippen molar-refractivity contribution in [2.45, 2.75) is 69.5 Å². The monoisotopic (exact) mass is 458 g/mol. The summed E-state index contributed by atoms with van der Waals surface area (Å²) in [6.07, 6.45) is 4.99. The van der Waals surface area contributed by atoms with E-state index >= 15 is 0 Å². The third-order valence-electron chi connectivity index (χ3n) is 7.76. The van der Waals surface area contributed by atoms with Crippen LogP contribution in [0, 0.1) is 18.8 Å². The second-order valence-electron chi connectivity index (χ2n) is 9.45. The van der Waals surface area contributed by atoms with Gasteiger partial charge in [0.2, 0.25) is 23.6 Å². The number of carbonyl (C=O) groups excluding carboxylic acids is 4. The minimum Gasteiger partial charge on any atom is -0.370 e. The van der Waals surface area contributed by atoms with Gasteiger partial charge in [0.1, 0.15) is 5.54 Å². The molecule has 5 rings (SSSR count). The Kier molecular flexibility index (Phi) is 5.05. The lowest BCUT2D eigenvalue weighted by Crippen LogP contribution is -2.54. The molecule has 3 heterocycles.